The van der Waals surface area contributed by atoms with Crippen molar-refractivity contribution >= 4 is 22.7 Å². The summed E-state index contributed by atoms with van der Waals surface area (Å²) in [5, 5.41) is 3.80. The minimum Gasteiger partial charge on any atom is -0.361 e. The second-order valence-corrected chi connectivity index (χ2v) is 5.15. The molecule has 2 rings (SSSR count). The first-order valence-corrected chi connectivity index (χ1v) is 7.51. The zero-order chi connectivity index (χ0) is 16.7. The number of carbonyl (C=O) groups is 2. The summed E-state index contributed by atoms with van der Waals surface area (Å²) in [6.45, 7) is 8.22. The lowest BCUT2D eigenvalue weighted by Gasteiger charge is -2.18. The zero-order valence-electron chi connectivity index (χ0n) is 13.0. The van der Waals surface area contributed by atoms with Gasteiger partial charge in [0.1, 0.15) is 0 Å². The minimum atomic E-state index is -0.603. The number of carbonyl (C=O) groups excluding carboxylic acids is 2. The molecule has 5 nitrogen and oxygen atoms in total. The van der Waals surface area contributed by atoms with E-state index in [1.807, 2.05) is 30.5 Å². The summed E-state index contributed by atoms with van der Waals surface area (Å²) >= 11 is 0. The standard InChI is InChI=1S/C18H21N3O2/c1-3-11-21(12-4-2)18(23)17(22)19-10-9-14-13-20-16-8-6-5-7-15(14)16/h3-8,13,20H,1-2,9-12H2,(H,19,22). The Morgan fingerprint density at radius 1 is 1.17 bits per heavy atom. The highest BCUT2D eigenvalue weighted by Crippen LogP contribution is 2.17. The fraction of sp³-hybridized carbons (Fsp3) is 0.222. The van der Waals surface area contributed by atoms with Crippen LogP contribution in [0.4, 0.5) is 0 Å². The van der Waals surface area contributed by atoms with Gasteiger partial charge in [0.2, 0.25) is 0 Å². The van der Waals surface area contributed by atoms with E-state index in [-0.39, 0.29) is 0 Å². The Morgan fingerprint density at radius 3 is 2.57 bits per heavy atom. The van der Waals surface area contributed by atoms with Gasteiger partial charge < -0.3 is 15.2 Å². The Morgan fingerprint density at radius 2 is 1.87 bits per heavy atom. The van der Waals surface area contributed by atoms with Gasteiger partial charge in [-0.15, -0.1) is 13.2 Å². The fourth-order valence-electron chi connectivity index (χ4n) is 2.42. The molecule has 0 aliphatic heterocycles. The molecule has 0 atom stereocenters. The van der Waals surface area contributed by atoms with Crippen LogP contribution in [0.1, 0.15) is 5.56 Å². The van der Waals surface area contributed by atoms with Crippen molar-refractivity contribution in [3.05, 3.63) is 61.3 Å². The first-order valence-electron chi connectivity index (χ1n) is 7.51. The molecule has 23 heavy (non-hydrogen) atoms. The largest absolute Gasteiger partial charge is 0.361 e. The summed E-state index contributed by atoms with van der Waals surface area (Å²) in [5.41, 5.74) is 2.18. The number of para-hydroxylation sites is 1. The van der Waals surface area contributed by atoms with Crippen LogP contribution >= 0.6 is 0 Å². The van der Waals surface area contributed by atoms with Crippen molar-refractivity contribution in [2.75, 3.05) is 19.6 Å². The number of benzene rings is 1. The molecule has 0 fully saturated rings. The minimum absolute atomic E-state index is 0.320. The number of aromatic amines is 1. The molecule has 0 spiro atoms. The number of H-pyrrole nitrogens is 1. The molecule has 0 saturated heterocycles. The Kier molecular flexibility index (Phi) is 5.74. The molecule has 0 unspecified atom stereocenters. The molecule has 1 aromatic heterocycles. The summed E-state index contributed by atoms with van der Waals surface area (Å²) in [6, 6.07) is 7.98. The van der Waals surface area contributed by atoms with Crippen LogP contribution in [-0.4, -0.2) is 41.3 Å². The van der Waals surface area contributed by atoms with E-state index in [0.29, 0.717) is 26.1 Å². The van der Waals surface area contributed by atoms with E-state index in [1.165, 1.54) is 4.90 Å². The molecule has 120 valence electrons. The van der Waals surface area contributed by atoms with Gasteiger partial charge in [0.15, 0.2) is 0 Å². The highest BCUT2D eigenvalue weighted by Gasteiger charge is 2.19. The van der Waals surface area contributed by atoms with Crippen LogP contribution in [0.2, 0.25) is 0 Å². The monoisotopic (exact) mass is 311 g/mol. The molecular formula is C18H21N3O2. The van der Waals surface area contributed by atoms with Gasteiger partial charge >= 0.3 is 11.8 Å². The normalized spacial score (nSPS) is 10.3. The van der Waals surface area contributed by atoms with Crippen molar-refractivity contribution in [3.8, 4) is 0 Å². The molecule has 2 aromatic rings. The molecule has 1 heterocycles. The van der Waals surface area contributed by atoms with Gasteiger partial charge in [-0.05, 0) is 18.1 Å². The summed E-state index contributed by atoms with van der Waals surface area (Å²) in [4.78, 5) is 28.6. The summed E-state index contributed by atoms with van der Waals surface area (Å²) in [7, 11) is 0. The lowest BCUT2D eigenvalue weighted by molar-refractivity contribution is -0.145. The van der Waals surface area contributed by atoms with Crippen LogP contribution in [0.25, 0.3) is 10.9 Å². The third-order valence-corrected chi connectivity index (χ3v) is 3.54. The quantitative estimate of drug-likeness (QED) is 0.607. The number of hydrogen-bond donors (Lipinski definition) is 2. The van der Waals surface area contributed by atoms with Crippen LogP contribution in [0, 0.1) is 0 Å². The molecule has 0 aliphatic rings. The number of rotatable bonds is 7. The third-order valence-electron chi connectivity index (χ3n) is 3.54. The molecular weight excluding hydrogens is 290 g/mol. The average molecular weight is 311 g/mol. The first kappa shape index (κ1) is 16.5. The van der Waals surface area contributed by atoms with E-state index in [0.717, 1.165) is 16.5 Å². The lowest BCUT2D eigenvalue weighted by Crippen LogP contribution is -2.43. The Bertz CT molecular complexity index is 708. The molecule has 2 amide bonds. The van der Waals surface area contributed by atoms with Crippen LogP contribution < -0.4 is 5.32 Å². The van der Waals surface area contributed by atoms with E-state index < -0.39 is 11.8 Å². The van der Waals surface area contributed by atoms with Gasteiger partial charge in [0, 0.05) is 36.7 Å². The summed E-state index contributed by atoms with van der Waals surface area (Å²) in [6.07, 6.45) is 5.76. The first-order chi connectivity index (χ1) is 11.2. The third kappa shape index (κ3) is 4.10. The van der Waals surface area contributed by atoms with E-state index in [1.54, 1.807) is 12.2 Å². The van der Waals surface area contributed by atoms with Gasteiger partial charge in [-0.2, -0.15) is 0 Å². The second kappa shape index (κ2) is 7.98. The number of nitrogens with zero attached hydrogens (tertiary/aromatic N) is 1. The SMILES string of the molecule is C=CCN(CC=C)C(=O)C(=O)NCCc1c[nH]c2ccccc12. The van der Waals surface area contributed by atoms with Gasteiger partial charge in [-0.25, -0.2) is 0 Å². The van der Waals surface area contributed by atoms with Gasteiger partial charge in [-0.3, -0.25) is 9.59 Å². The van der Waals surface area contributed by atoms with E-state index in [2.05, 4.69) is 23.5 Å². The molecule has 1 aromatic carbocycles. The lowest BCUT2D eigenvalue weighted by atomic mass is 10.1. The second-order valence-electron chi connectivity index (χ2n) is 5.15. The smallest absolute Gasteiger partial charge is 0.312 e. The zero-order valence-corrected chi connectivity index (χ0v) is 13.0. The van der Waals surface area contributed by atoms with Crippen molar-refractivity contribution < 1.29 is 9.59 Å². The molecule has 0 bridgehead atoms. The van der Waals surface area contributed by atoms with E-state index in [4.69, 9.17) is 0 Å². The topological polar surface area (TPSA) is 65.2 Å². The van der Waals surface area contributed by atoms with E-state index >= 15 is 0 Å². The van der Waals surface area contributed by atoms with Gasteiger partial charge in [0.25, 0.3) is 0 Å². The molecule has 0 saturated carbocycles. The number of aromatic nitrogens is 1. The van der Waals surface area contributed by atoms with Gasteiger partial charge in [-0.1, -0.05) is 30.4 Å². The Balaban J connectivity index is 1.90. The highest BCUT2D eigenvalue weighted by molar-refractivity contribution is 6.35. The van der Waals surface area contributed by atoms with Crippen LogP contribution in [0.15, 0.2) is 55.8 Å². The van der Waals surface area contributed by atoms with E-state index in [9.17, 15) is 9.59 Å². The number of nitrogens with one attached hydrogen (secondary N) is 2. The maximum absolute atomic E-state index is 12.0. The number of fused-ring (bicyclic) bond motifs is 1. The Labute approximate surface area is 135 Å². The molecule has 0 radical (unpaired) electrons. The number of amides is 2. The van der Waals surface area contributed by atoms with Crippen molar-refractivity contribution in [1.29, 1.82) is 0 Å². The highest BCUT2D eigenvalue weighted by atomic mass is 16.2. The Hall–Kier alpha value is -2.82. The maximum atomic E-state index is 12.0. The molecule has 5 heteroatoms. The maximum Gasteiger partial charge on any atom is 0.312 e. The van der Waals surface area contributed by atoms with Crippen LogP contribution in [0.3, 0.4) is 0 Å². The fourth-order valence-corrected chi connectivity index (χ4v) is 2.42. The number of hydrogen-bond acceptors (Lipinski definition) is 2. The van der Waals surface area contributed by atoms with Crippen molar-refractivity contribution in [2.45, 2.75) is 6.42 Å². The van der Waals surface area contributed by atoms with Gasteiger partial charge in [0.05, 0.1) is 0 Å². The molecule has 0 aliphatic carbocycles. The van der Waals surface area contributed by atoms with Crippen LogP contribution in [-0.2, 0) is 16.0 Å². The predicted molar refractivity (Wildman–Crippen MR) is 92.0 cm³/mol. The predicted octanol–water partition coefficient (Wildman–Crippen LogP) is 2.03. The van der Waals surface area contributed by atoms with Crippen molar-refractivity contribution in [3.63, 3.8) is 0 Å². The van der Waals surface area contributed by atoms with Crippen LogP contribution in [0.5, 0.6) is 0 Å². The van der Waals surface area contributed by atoms with Crippen molar-refractivity contribution in [2.24, 2.45) is 0 Å². The summed E-state index contributed by atoms with van der Waals surface area (Å²) < 4.78 is 0. The summed E-state index contributed by atoms with van der Waals surface area (Å²) in [5.74, 6) is -1.17. The molecule has 2 N–H and O–H groups in total. The van der Waals surface area contributed by atoms with Crippen molar-refractivity contribution in [1.82, 2.24) is 15.2 Å². The average Bonchev–Trinajstić information content (AvgIpc) is 2.97.